The first-order valence-electron chi connectivity index (χ1n) is 6.37. The number of hydrogen-bond donors (Lipinski definition) is 0. The number of nitrogens with zero attached hydrogens (tertiary/aromatic N) is 1. The zero-order valence-electron chi connectivity index (χ0n) is 10.6. The van der Waals surface area contributed by atoms with E-state index in [0.29, 0.717) is 23.6 Å². The van der Waals surface area contributed by atoms with E-state index in [-0.39, 0.29) is 23.7 Å². The summed E-state index contributed by atoms with van der Waals surface area (Å²) in [5, 5.41) is 0.530. The minimum atomic E-state index is -0.199. The molecule has 2 aliphatic rings. The predicted octanol–water partition coefficient (Wildman–Crippen LogP) is 3.19. The fourth-order valence-electron chi connectivity index (χ4n) is 2.91. The number of amides is 2. The molecule has 2 amide bonds. The largest absolute Gasteiger partial charge is 0.274 e. The van der Waals surface area contributed by atoms with E-state index in [0.717, 1.165) is 0 Å². The van der Waals surface area contributed by atoms with Gasteiger partial charge in [0.2, 0.25) is 11.8 Å². The van der Waals surface area contributed by atoms with E-state index < -0.39 is 0 Å². The lowest BCUT2D eigenvalue weighted by molar-refractivity contribution is -0.122. The molecule has 1 aromatic rings. The first kappa shape index (κ1) is 12.4. The van der Waals surface area contributed by atoms with Gasteiger partial charge in [0.05, 0.1) is 17.5 Å². The summed E-state index contributed by atoms with van der Waals surface area (Å²) in [6.45, 7) is 2.01. The van der Waals surface area contributed by atoms with Gasteiger partial charge in [-0.3, -0.25) is 9.59 Å². The molecular weight excluding hydrogens is 262 g/mol. The smallest absolute Gasteiger partial charge is 0.238 e. The third-order valence-electron chi connectivity index (χ3n) is 3.89. The van der Waals surface area contributed by atoms with E-state index in [1.807, 2.05) is 6.92 Å². The molecule has 3 rings (SSSR count). The summed E-state index contributed by atoms with van der Waals surface area (Å²) in [4.78, 5) is 26.1. The van der Waals surface area contributed by atoms with E-state index in [4.69, 9.17) is 11.6 Å². The first-order valence-corrected chi connectivity index (χ1v) is 6.75. The van der Waals surface area contributed by atoms with Crippen LogP contribution in [-0.4, -0.2) is 11.8 Å². The highest BCUT2D eigenvalue weighted by atomic mass is 35.5. The van der Waals surface area contributed by atoms with Crippen LogP contribution in [0.2, 0.25) is 5.02 Å². The highest BCUT2D eigenvalue weighted by molar-refractivity contribution is 6.31. The van der Waals surface area contributed by atoms with E-state index in [9.17, 15) is 9.59 Å². The summed E-state index contributed by atoms with van der Waals surface area (Å²) in [6, 6.07) is 6.90. The summed E-state index contributed by atoms with van der Waals surface area (Å²) in [5.74, 6) is -0.586. The van der Waals surface area contributed by atoms with Crippen LogP contribution in [0.25, 0.3) is 0 Å². The maximum Gasteiger partial charge on any atom is 0.238 e. The van der Waals surface area contributed by atoms with Crippen LogP contribution in [0, 0.1) is 11.8 Å². The summed E-state index contributed by atoms with van der Waals surface area (Å²) in [7, 11) is 0. The average molecular weight is 276 g/mol. The third kappa shape index (κ3) is 1.98. The molecule has 3 nitrogen and oxygen atoms in total. The maximum absolute atomic E-state index is 12.4. The number of carbonyl (C=O) groups is 2. The molecule has 2 atom stereocenters. The molecule has 0 unspecified atom stereocenters. The molecular formula is C15H14ClNO2. The van der Waals surface area contributed by atoms with Crippen molar-refractivity contribution in [3.8, 4) is 0 Å². The topological polar surface area (TPSA) is 37.4 Å². The molecule has 0 radical (unpaired) electrons. The fraction of sp³-hybridized carbons (Fsp3) is 0.333. The number of halogens is 1. The van der Waals surface area contributed by atoms with Crippen molar-refractivity contribution in [2.24, 2.45) is 11.8 Å². The minimum Gasteiger partial charge on any atom is -0.274 e. The molecule has 1 aliphatic carbocycles. The van der Waals surface area contributed by atoms with Crippen LogP contribution in [0.4, 0.5) is 5.69 Å². The number of carbonyl (C=O) groups excluding carboxylic acids is 2. The normalized spacial score (nSPS) is 26.4. The SMILES string of the molecule is CC1=CC[C@H]2C(=O)N(c3cccc(Cl)c3)C(=O)[C@H]2C1. The number of fused-ring (bicyclic) bond motifs is 1. The van der Waals surface area contributed by atoms with Crippen molar-refractivity contribution in [2.75, 3.05) is 4.90 Å². The van der Waals surface area contributed by atoms with Crippen LogP contribution < -0.4 is 4.90 Å². The lowest BCUT2D eigenvalue weighted by Crippen LogP contribution is -2.30. The first-order chi connectivity index (χ1) is 9.08. The van der Waals surface area contributed by atoms with Gasteiger partial charge < -0.3 is 0 Å². The molecule has 0 aromatic heterocycles. The maximum atomic E-state index is 12.4. The monoisotopic (exact) mass is 275 g/mol. The number of anilines is 1. The molecule has 1 aliphatic heterocycles. The van der Waals surface area contributed by atoms with Crippen LogP contribution in [0.5, 0.6) is 0 Å². The average Bonchev–Trinajstić information content (AvgIpc) is 2.61. The van der Waals surface area contributed by atoms with E-state index >= 15 is 0 Å². The Morgan fingerprint density at radius 3 is 2.68 bits per heavy atom. The summed E-state index contributed by atoms with van der Waals surface area (Å²) in [6.07, 6.45) is 3.41. The Balaban J connectivity index is 1.97. The molecule has 1 saturated heterocycles. The predicted molar refractivity (Wildman–Crippen MR) is 73.9 cm³/mol. The zero-order valence-corrected chi connectivity index (χ0v) is 11.4. The Morgan fingerprint density at radius 2 is 1.95 bits per heavy atom. The second kappa shape index (κ2) is 4.49. The molecule has 19 heavy (non-hydrogen) atoms. The zero-order chi connectivity index (χ0) is 13.6. The van der Waals surface area contributed by atoms with Gasteiger partial charge in [-0.1, -0.05) is 29.3 Å². The van der Waals surface area contributed by atoms with Crippen molar-refractivity contribution in [3.05, 3.63) is 40.9 Å². The highest BCUT2D eigenvalue weighted by Gasteiger charge is 2.48. The van der Waals surface area contributed by atoms with Gasteiger partial charge in [-0.15, -0.1) is 0 Å². The van der Waals surface area contributed by atoms with Crippen LogP contribution >= 0.6 is 11.6 Å². The van der Waals surface area contributed by atoms with E-state index in [1.54, 1.807) is 24.3 Å². The van der Waals surface area contributed by atoms with Crippen LogP contribution in [0.3, 0.4) is 0 Å². The van der Waals surface area contributed by atoms with Gasteiger partial charge in [0.1, 0.15) is 0 Å². The van der Waals surface area contributed by atoms with Gasteiger partial charge in [0.15, 0.2) is 0 Å². The van der Waals surface area contributed by atoms with Gasteiger partial charge in [-0.05, 0) is 38.0 Å². The Labute approximate surface area is 116 Å². The summed E-state index contributed by atoms with van der Waals surface area (Å²) in [5.41, 5.74) is 1.77. The third-order valence-corrected chi connectivity index (χ3v) is 4.12. The standard InChI is InChI=1S/C15H14ClNO2/c1-9-5-6-12-13(7-9)15(19)17(14(12)18)11-4-2-3-10(16)8-11/h2-5,8,12-13H,6-7H2,1H3/t12-,13+/m1/s1. The molecule has 0 bridgehead atoms. The molecule has 1 aromatic carbocycles. The molecule has 4 heteroatoms. The molecule has 1 fully saturated rings. The summed E-state index contributed by atoms with van der Waals surface area (Å²) < 4.78 is 0. The molecule has 98 valence electrons. The van der Waals surface area contributed by atoms with Crippen LogP contribution in [-0.2, 0) is 9.59 Å². The fourth-order valence-corrected chi connectivity index (χ4v) is 3.09. The van der Waals surface area contributed by atoms with E-state index in [1.165, 1.54) is 10.5 Å². The quantitative estimate of drug-likeness (QED) is 0.583. The Bertz CT molecular complexity index is 594. The summed E-state index contributed by atoms with van der Waals surface area (Å²) >= 11 is 5.94. The van der Waals surface area contributed by atoms with Gasteiger partial charge in [0, 0.05) is 5.02 Å². The van der Waals surface area contributed by atoms with Crippen molar-refractivity contribution in [2.45, 2.75) is 19.8 Å². The molecule has 0 saturated carbocycles. The lowest BCUT2D eigenvalue weighted by atomic mass is 9.82. The van der Waals surface area contributed by atoms with Gasteiger partial charge in [-0.2, -0.15) is 0 Å². The Kier molecular flexibility index (Phi) is 2.94. The van der Waals surface area contributed by atoms with Crippen LogP contribution in [0.1, 0.15) is 19.8 Å². The van der Waals surface area contributed by atoms with E-state index in [2.05, 4.69) is 6.08 Å². The molecule has 0 N–H and O–H groups in total. The van der Waals surface area contributed by atoms with Gasteiger partial charge in [0.25, 0.3) is 0 Å². The number of rotatable bonds is 1. The Morgan fingerprint density at radius 1 is 1.21 bits per heavy atom. The van der Waals surface area contributed by atoms with Crippen molar-refractivity contribution < 1.29 is 9.59 Å². The number of hydrogen-bond acceptors (Lipinski definition) is 2. The van der Waals surface area contributed by atoms with Gasteiger partial charge >= 0.3 is 0 Å². The Hall–Kier alpha value is -1.61. The number of allylic oxidation sites excluding steroid dienone is 2. The van der Waals surface area contributed by atoms with Crippen molar-refractivity contribution >= 4 is 29.1 Å². The van der Waals surface area contributed by atoms with Crippen molar-refractivity contribution in [1.29, 1.82) is 0 Å². The molecule has 0 spiro atoms. The number of benzene rings is 1. The minimum absolute atomic E-state index is 0.0929. The lowest BCUT2D eigenvalue weighted by Gasteiger charge is -2.18. The van der Waals surface area contributed by atoms with Crippen LogP contribution in [0.15, 0.2) is 35.9 Å². The highest BCUT2D eigenvalue weighted by Crippen LogP contribution is 2.39. The van der Waals surface area contributed by atoms with Crippen molar-refractivity contribution in [1.82, 2.24) is 0 Å². The number of imide groups is 1. The molecule has 1 heterocycles. The second-order valence-corrected chi connectivity index (χ2v) is 5.63. The van der Waals surface area contributed by atoms with Gasteiger partial charge in [-0.25, -0.2) is 4.90 Å². The second-order valence-electron chi connectivity index (χ2n) is 5.20. The van der Waals surface area contributed by atoms with Crippen molar-refractivity contribution in [3.63, 3.8) is 0 Å².